The Kier molecular flexibility index (Phi) is 27.3. The Bertz CT molecular complexity index is 436. The van der Waals surface area contributed by atoms with E-state index in [2.05, 4.69) is 13.8 Å². The lowest BCUT2D eigenvalue weighted by atomic mass is 10.0. The topological polar surface area (TPSA) is 52.6 Å². The van der Waals surface area contributed by atoms with Crippen molar-refractivity contribution in [2.45, 2.75) is 168 Å². The lowest BCUT2D eigenvalue weighted by Gasteiger charge is -2.06. The van der Waals surface area contributed by atoms with Crippen LogP contribution >= 0.6 is 0 Å². The molecule has 4 nitrogen and oxygen atoms in total. The predicted octanol–water partition coefficient (Wildman–Crippen LogP) is 9.48. The predicted molar refractivity (Wildman–Crippen MR) is 144 cm³/mol. The van der Waals surface area contributed by atoms with Crippen LogP contribution in [0.1, 0.15) is 168 Å². The molecule has 0 aromatic heterocycles. The SMILES string of the molecule is CCCCCCCCCCCCCCCCOC(=O)CCCCCC(=O)OCCCCCCC. The zero-order valence-corrected chi connectivity index (χ0v) is 23.0. The molecule has 0 saturated heterocycles. The summed E-state index contributed by atoms with van der Waals surface area (Å²) in [4.78, 5) is 23.5. The Morgan fingerprint density at radius 2 is 0.647 bits per heavy atom. The molecule has 0 aliphatic heterocycles. The lowest BCUT2D eigenvalue weighted by molar-refractivity contribution is -0.144. The van der Waals surface area contributed by atoms with Gasteiger partial charge in [-0.25, -0.2) is 0 Å². The highest BCUT2D eigenvalue weighted by molar-refractivity contribution is 5.69. The normalized spacial score (nSPS) is 11.0. The molecule has 4 heteroatoms. The molecule has 0 spiro atoms. The molecule has 202 valence electrons. The van der Waals surface area contributed by atoms with Crippen molar-refractivity contribution in [3.63, 3.8) is 0 Å². The van der Waals surface area contributed by atoms with Gasteiger partial charge in [0.25, 0.3) is 0 Å². The van der Waals surface area contributed by atoms with Gasteiger partial charge in [-0.2, -0.15) is 0 Å². The smallest absolute Gasteiger partial charge is 0.305 e. The van der Waals surface area contributed by atoms with Gasteiger partial charge < -0.3 is 9.47 Å². The average Bonchev–Trinajstić information content (AvgIpc) is 2.83. The van der Waals surface area contributed by atoms with Gasteiger partial charge in [0.2, 0.25) is 0 Å². The van der Waals surface area contributed by atoms with Gasteiger partial charge in [-0.1, -0.05) is 129 Å². The molecule has 0 aliphatic carbocycles. The van der Waals surface area contributed by atoms with E-state index in [0.717, 1.165) is 44.9 Å². The zero-order valence-electron chi connectivity index (χ0n) is 23.0. The number of unbranched alkanes of at least 4 members (excludes halogenated alkanes) is 19. The molecule has 0 bridgehead atoms. The highest BCUT2D eigenvalue weighted by Crippen LogP contribution is 2.13. The van der Waals surface area contributed by atoms with Gasteiger partial charge in [0.05, 0.1) is 13.2 Å². The van der Waals surface area contributed by atoms with E-state index in [0.29, 0.717) is 26.1 Å². The van der Waals surface area contributed by atoms with Crippen molar-refractivity contribution in [2.75, 3.05) is 13.2 Å². The fraction of sp³-hybridized carbons (Fsp3) is 0.933. The van der Waals surface area contributed by atoms with Crippen molar-refractivity contribution in [1.29, 1.82) is 0 Å². The minimum Gasteiger partial charge on any atom is -0.466 e. The van der Waals surface area contributed by atoms with E-state index in [4.69, 9.17) is 9.47 Å². The Labute approximate surface area is 212 Å². The summed E-state index contributed by atoms with van der Waals surface area (Å²) < 4.78 is 10.6. The van der Waals surface area contributed by atoms with Crippen molar-refractivity contribution in [1.82, 2.24) is 0 Å². The van der Waals surface area contributed by atoms with E-state index in [1.807, 2.05) is 0 Å². The van der Waals surface area contributed by atoms with Gasteiger partial charge in [0.1, 0.15) is 0 Å². The largest absolute Gasteiger partial charge is 0.466 e. The van der Waals surface area contributed by atoms with Crippen molar-refractivity contribution in [3.8, 4) is 0 Å². The molecule has 0 fully saturated rings. The van der Waals surface area contributed by atoms with Crippen LogP contribution in [-0.2, 0) is 19.1 Å². The Hall–Kier alpha value is -1.06. The first-order chi connectivity index (χ1) is 16.7. The second-order valence-electron chi connectivity index (χ2n) is 10.0. The quantitative estimate of drug-likeness (QED) is 0.0864. The molecule has 0 aromatic carbocycles. The van der Waals surface area contributed by atoms with Crippen LogP contribution in [0.5, 0.6) is 0 Å². The first-order valence-electron chi connectivity index (χ1n) is 15.0. The van der Waals surface area contributed by atoms with E-state index in [9.17, 15) is 9.59 Å². The summed E-state index contributed by atoms with van der Waals surface area (Å²) in [5.41, 5.74) is 0. The number of hydrogen-bond acceptors (Lipinski definition) is 4. The third kappa shape index (κ3) is 27.2. The third-order valence-electron chi connectivity index (χ3n) is 6.53. The summed E-state index contributed by atoms with van der Waals surface area (Å²) in [5, 5.41) is 0. The molecule has 0 aromatic rings. The summed E-state index contributed by atoms with van der Waals surface area (Å²) in [6.45, 7) is 5.58. The van der Waals surface area contributed by atoms with Gasteiger partial charge in [-0.3, -0.25) is 9.59 Å². The Morgan fingerprint density at radius 3 is 0.971 bits per heavy atom. The molecular formula is C30H58O4. The van der Waals surface area contributed by atoms with Gasteiger partial charge in [0.15, 0.2) is 0 Å². The van der Waals surface area contributed by atoms with Crippen LogP contribution in [0.15, 0.2) is 0 Å². The number of carbonyl (C=O) groups is 2. The average molecular weight is 483 g/mol. The Balaban J connectivity index is 3.24. The first-order valence-corrected chi connectivity index (χ1v) is 15.0. The number of hydrogen-bond donors (Lipinski definition) is 0. The standard InChI is InChI=1S/C30H58O4/c1-3-5-7-9-10-11-12-13-14-15-16-17-19-24-28-34-30(32)26-22-20-21-25-29(31)33-27-23-18-8-6-4-2/h3-28H2,1-2H3. The molecule has 0 aliphatic rings. The summed E-state index contributed by atoms with van der Waals surface area (Å²) in [5.74, 6) is -0.194. The highest BCUT2D eigenvalue weighted by atomic mass is 16.5. The van der Waals surface area contributed by atoms with Crippen LogP contribution in [0.3, 0.4) is 0 Å². The molecule has 0 amide bonds. The van der Waals surface area contributed by atoms with Gasteiger partial charge in [-0.05, 0) is 25.7 Å². The van der Waals surface area contributed by atoms with Crippen LogP contribution < -0.4 is 0 Å². The van der Waals surface area contributed by atoms with Crippen LogP contribution in [0.2, 0.25) is 0 Å². The third-order valence-corrected chi connectivity index (χ3v) is 6.53. The minimum absolute atomic E-state index is 0.0932. The monoisotopic (exact) mass is 482 g/mol. The summed E-state index contributed by atoms with van der Waals surface area (Å²) >= 11 is 0. The molecule has 0 atom stereocenters. The molecular weight excluding hydrogens is 424 g/mol. The van der Waals surface area contributed by atoms with Crippen molar-refractivity contribution < 1.29 is 19.1 Å². The number of esters is 2. The van der Waals surface area contributed by atoms with Gasteiger partial charge >= 0.3 is 11.9 Å². The van der Waals surface area contributed by atoms with E-state index in [-0.39, 0.29) is 11.9 Å². The Morgan fingerprint density at radius 1 is 0.382 bits per heavy atom. The number of ether oxygens (including phenoxy) is 2. The number of carbonyl (C=O) groups excluding carboxylic acids is 2. The van der Waals surface area contributed by atoms with E-state index < -0.39 is 0 Å². The zero-order chi connectivity index (χ0) is 25.0. The van der Waals surface area contributed by atoms with Gasteiger partial charge in [-0.15, -0.1) is 0 Å². The fourth-order valence-corrected chi connectivity index (χ4v) is 4.23. The summed E-state index contributed by atoms with van der Waals surface area (Å²) in [6.07, 6.45) is 27.9. The molecule has 0 saturated carbocycles. The summed E-state index contributed by atoms with van der Waals surface area (Å²) in [7, 11) is 0. The van der Waals surface area contributed by atoms with Crippen molar-refractivity contribution in [2.24, 2.45) is 0 Å². The maximum Gasteiger partial charge on any atom is 0.305 e. The maximum atomic E-state index is 11.8. The maximum absolute atomic E-state index is 11.8. The fourth-order valence-electron chi connectivity index (χ4n) is 4.23. The molecule has 0 heterocycles. The molecule has 0 rings (SSSR count). The minimum atomic E-state index is -0.101. The summed E-state index contributed by atoms with van der Waals surface area (Å²) in [6, 6.07) is 0. The molecule has 0 N–H and O–H groups in total. The van der Waals surface area contributed by atoms with Gasteiger partial charge in [0, 0.05) is 12.8 Å². The molecule has 34 heavy (non-hydrogen) atoms. The van der Waals surface area contributed by atoms with Crippen molar-refractivity contribution in [3.05, 3.63) is 0 Å². The van der Waals surface area contributed by atoms with E-state index >= 15 is 0 Å². The van der Waals surface area contributed by atoms with Crippen LogP contribution in [-0.4, -0.2) is 25.2 Å². The second-order valence-corrected chi connectivity index (χ2v) is 10.0. The first kappa shape index (κ1) is 32.9. The van der Waals surface area contributed by atoms with Crippen LogP contribution in [0, 0.1) is 0 Å². The van der Waals surface area contributed by atoms with Crippen LogP contribution in [0.25, 0.3) is 0 Å². The molecule has 0 unspecified atom stereocenters. The number of rotatable bonds is 27. The van der Waals surface area contributed by atoms with Crippen LogP contribution in [0.4, 0.5) is 0 Å². The van der Waals surface area contributed by atoms with Crippen molar-refractivity contribution >= 4 is 11.9 Å². The molecule has 0 radical (unpaired) electrons. The highest BCUT2D eigenvalue weighted by Gasteiger charge is 2.05. The van der Waals surface area contributed by atoms with E-state index in [1.165, 1.54) is 96.3 Å². The lowest BCUT2D eigenvalue weighted by Crippen LogP contribution is -2.07. The van der Waals surface area contributed by atoms with E-state index in [1.54, 1.807) is 0 Å². The second kappa shape index (κ2) is 28.2.